The van der Waals surface area contributed by atoms with Crippen LogP contribution in [0.3, 0.4) is 0 Å². The summed E-state index contributed by atoms with van der Waals surface area (Å²) < 4.78 is 0. The molecule has 0 aromatic carbocycles. The lowest BCUT2D eigenvalue weighted by atomic mass is 9.91. The van der Waals surface area contributed by atoms with Crippen molar-refractivity contribution in [3.8, 4) is 0 Å². The fourth-order valence-corrected chi connectivity index (χ4v) is 2.68. The zero-order valence-corrected chi connectivity index (χ0v) is 11.9. The molecule has 102 valence electrons. The van der Waals surface area contributed by atoms with Crippen LogP contribution in [0.2, 0.25) is 0 Å². The Morgan fingerprint density at radius 1 is 1.06 bits per heavy atom. The summed E-state index contributed by atoms with van der Waals surface area (Å²) in [6, 6.07) is 0.618. The summed E-state index contributed by atoms with van der Waals surface area (Å²) in [6.45, 7) is 8.01. The van der Waals surface area contributed by atoms with Crippen LogP contribution in [0.4, 0.5) is 0 Å². The SMILES string of the molecule is CCCNCC(C)NCC1CCCCCCC1. The van der Waals surface area contributed by atoms with Crippen LogP contribution in [-0.4, -0.2) is 25.7 Å². The highest BCUT2D eigenvalue weighted by Gasteiger charge is 2.12. The standard InChI is InChI=1S/C15H32N2/c1-3-11-16-12-14(2)17-13-15-9-7-5-4-6-8-10-15/h14-17H,3-13H2,1-2H3. The van der Waals surface area contributed by atoms with Crippen molar-refractivity contribution in [1.82, 2.24) is 10.6 Å². The van der Waals surface area contributed by atoms with Gasteiger partial charge in [0.1, 0.15) is 0 Å². The van der Waals surface area contributed by atoms with Gasteiger partial charge in [0.05, 0.1) is 0 Å². The van der Waals surface area contributed by atoms with E-state index in [0.717, 1.165) is 19.0 Å². The Balaban J connectivity index is 2.06. The highest BCUT2D eigenvalue weighted by Crippen LogP contribution is 2.21. The normalized spacial score (nSPS) is 20.8. The maximum absolute atomic E-state index is 3.70. The Bertz CT molecular complexity index is 162. The van der Waals surface area contributed by atoms with Gasteiger partial charge in [0.15, 0.2) is 0 Å². The van der Waals surface area contributed by atoms with Gasteiger partial charge < -0.3 is 10.6 Å². The second kappa shape index (κ2) is 9.90. The third kappa shape index (κ3) is 7.77. The second-order valence-corrected chi connectivity index (χ2v) is 5.72. The van der Waals surface area contributed by atoms with Crippen LogP contribution in [-0.2, 0) is 0 Å². The van der Waals surface area contributed by atoms with Gasteiger partial charge >= 0.3 is 0 Å². The molecule has 1 rings (SSSR count). The summed E-state index contributed by atoms with van der Waals surface area (Å²) in [5.41, 5.74) is 0. The van der Waals surface area contributed by atoms with Gasteiger partial charge in [-0.05, 0) is 45.2 Å². The first kappa shape index (κ1) is 15.0. The van der Waals surface area contributed by atoms with Crippen LogP contribution in [0.1, 0.15) is 65.2 Å². The van der Waals surface area contributed by atoms with Crippen molar-refractivity contribution in [2.45, 2.75) is 71.3 Å². The number of nitrogens with one attached hydrogen (secondary N) is 2. The summed E-state index contributed by atoms with van der Waals surface area (Å²) >= 11 is 0. The largest absolute Gasteiger partial charge is 0.315 e. The monoisotopic (exact) mass is 240 g/mol. The lowest BCUT2D eigenvalue weighted by Crippen LogP contribution is -2.39. The molecule has 1 unspecified atom stereocenters. The van der Waals surface area contributed by atoms with E-state index in [1.165, 1.54) is 57.9 Å². The van der Waals surface area contributed by atoms with E-state index in [0.29, 0.717) is 6.04 Å². The summed E-state index contributed by atoms with van der Waals surface area (Å²) in [7, 11) is 0. The topological polar surface area (TPSA) is 24.1 Å². The minimum absolute atomic E-state index is 0.618. The van der Waals surface area contributed by atoms with Gasteiger partial charge in [0.25, 0.3) is 0 Å². The third-order valence-corrected chi connectivity index (χ3v) is 3.86. The molecule has 0 bridgehead atoms. The smallest absolute Gasteiger partial charge is 0.0164 e. The third-order valence-electron chi connectivity index (χ3n) is 3.86. The first-order valence-corrected chi connectivity index (χ1v) is 7.77. The van der Waals surface area contributed by atoms with Crippen molar-refractivity contribution >= 4 is 0 Å². The molecule has 1 saturated carbocycles. The molecule has 0 aromatic heterocycles. The predicted octanol–water partition coefficient (Wildman–Crippen LogP) is 3.32. The predicted molar refractivity (Wildman–Crippen MR) is 76.4 cm³/mol. The first-order chi connectivity index (χ1) is 8.33. The van der Waals surface area contributed by atoms with Crippen LogP contribution in [0.5, 0.6) is 0 Å². The van der Waals surface area contributed by atoms with E-state index < -0.39 is 0 Å². The maximum Gasteiger partial charge on any atom is 0.0164 e. The van der Waals surface area contributed by atoms with Gasteiger partial charge in [0.2, 0.25) is 0 Å². The minimum atomic E-state index is 0.618. The number of hydrogen-bond acceptors (Lipinski definition) is 2. The molecule has 0 aromatic rings. The van der Waals surface area contributed by atoms with E-state index >= 15 is 0 Å². The average molecular weight is 240 g/mol. The summed E-state index contributed by atoms with van der Waals surface area (Å²) in [4.78, 5) is 0. The van der Waals surface area contributed by atoms with Crippen molar-refractivity contribution in [3.05, 3.63) is 0 Å². The molecule has 0 spiro atoms. The Labute approximate surface area is 108 Å². The highest BCUT2D eigenvalue weighted by atomic mass is 15.0. The summed E-state index contributed by atoms with van der Waals surface area (Å²) in [6.07, 6.45) is 11.4. The number of rotatable bonds is 7. The molecule has 1 fully saturated rings. The van der Waals surface area contributed by atoms with Crippen LogP contribution in [0.15, 0.2) is 0 Å². The fourth-order valence-electron chi connectivity index (χ4n) is 2.68. The molecule has 1 aliphatic carbocycles. The Hall–Kier alpha value is -0.0800. The van der Waals surface area contributed by atoms with Crippen LogP contribution >= 0.6 is 0 Å². The van der Waals surface area contributed by atoms with Crippen LogP contribution < -0.4 is 10.6 Å². The average Bonchev–Trinajstić information content (AvgIpc) is 2.28. The molecular formula is C15H32N2. The molecule has 1 atom stereocenters. The van der Waals surface area contributed by atoms with E-state index in [1.807, 2.05) is 0 Å². The number of hydrogen-bond donors (Lipinski definition) is 2. The molecule has 0 heterocycles. The fraction of sp³-hybridized carbons (Fsp3) is 1.00. The molecule has 0 amide bonds. The molecule has 2 nitrogen and oxygen atoms in total. The Morgan fingerprint density at radius 2 is 1.71 bits per heavy atom. The molecule has 2 N–H and O–H groups in total. The lowest BCUT2D eigenvalue weighted by Gasteiger charge is -2.22. The second-order valence-electron chi connectivity index (χ2n) is 5.72. The zero-order valence-electron chi connectivity index (χ0n) is 11.9. The molecule has 0 saturated heterocycles. The van der Waals surface area contributed by atoms with Crippen LogP contribution in [0, 0.1) is 5.92 Å². The van der Waals surface area contributed by atoms with Crippen LogP contribution in [0.25, 0.3) is 0 Å². The Kier molecular flexibility index (Phi) is 8.72. The van der Waals surface area contributed by atoms with Gasteiger partial charge in [-0.3, -0.25) is 0 Å². The molecule has 0 aliphatic heterocycles. The molecule has 0 radical (unpaired) electrons. The van der Waals surface area contributed by atoms with Crippen molar-refractivity contribution in [2.24, 2.45) is 5.92 Å². The van der Waals surface area contributed by atoms with Crippen molar-refractivity contribution < 1.29 is 0 Å². The van der Waals surface area contributed by atoms with Gasteiger partial charge in [-0.1, -0.05) is 39.0 Å². The van der Waals surface area contributed by atoms with E-state index in [9.17, 15) is 0 Å². The summed E-state index contributed by atoms with van der Waals surface area (Å²) in [5, 5.41) is 7.18. The molecule has 17 heavy (non-hydrogen) atoms. The van der Waals surface area contributed by atoms with E-state index in [-0.39, 0.29) is 0 Å². The molecule has 1 aliphatic rings. The maximum atomic E-state index is 3.70. The Morgan fingerprint density at radius 3 is 2.35 bits per heavy atom. The lowest BCUT2D eigenvalue weighted by molar-refractivity contribution is 0.345. The molecular weight excluding hydrogens is 208 g/mol. The minimum Gasteiger partial charge on any atom is -0.315 e. The van der Waals surface area contributed by atoms with Crippen molar-refractivity contribution in [1.29, 1.82) is 0 Å². The van der Waals surface area contributed by atoms with Gasteiger partial charge in [-0.2, -0.15) is 0 Å². The molecule has 2 heteroatoms. The van der Waals surface area contributed by atoms with Gasteiger partial charge in [-0.15, -0.1) is 0 Å². The van der Waals surface area contributed by atoms with Gasteiger partial charge in [0, 0.05) is 12.6 Å². The zero-order chi connectivity index (χ0) is 12.3. The van der Waals surface area contributed by atoms with Crippen molar-refractivity contribution in [3.63, 3.8) is 0 Å². The van der Waals surface area contributed by atoms with E-state index in [1.54, 1.807) is 0 Å². The van der Waals surface area contributed by atoms with E-state index in [2.05, 4.69) is 24.5 Å². The van der Waals surface area contributed by atoms with Crippen molar-refractivity contribution in [2.75, 3.05) is 19.6 Å². The highest BCUT2D eigenvalue weighted by molar-refractivity contribution is 4.70. The quantitative estimate of drug-likeness (QED) is 0.667. The van der Waals surface area contributed by atoms with Gasteiger partial charge in [-0.25, -0.2) is 0 Å². The summed E-state index contributed by atoms with van der Waals surface area (Å²) in [5.74, 6) is 0.934. The first-order valence-electron chi connectivity index (χ1n) is 7.77. The van der Waals surface area contributed by atoms with E-state index in [4.69, 9.17) is 0 Å².